The van der Waals surface area contributed by atoms with Crippen molar-refractivity contribution in [2.75, 3.05) is 6.54 Å². The number of carbonyl (C=O) groups excluding carboxylic acids is 1. The standard InChI is InChI=1S/C14H21ClN2O3/c1-9(2)17-8-11(15)7-12(17)13(18)16-6-4-5-10(3)14(19)20/h7-10H,4-6H2,1-3H3,(H,16,18)(H,19,20). The number of aromatic nitrogens is 1. The number of halogens is 1. The van der Waals surface area contributed by atoms with E-state index in [1.54, 1.807) is 19.2 Å². The highest BCUT2D eigenvalue weighted by Crippen LogP contribution is 2.18. The lowest BCUT2D eigenvalue weighted by atomic mass is 10.1. The van der Waals surface area contributed by atoms with Crippen LogP contribution in [-0.4, -0.2) is 28.1 Å². The molecule has 1 rings (SSSR count). The van der Waals surface area contributed by atoms with Gasteiger partial charge in [0.25, 0.3) is 5.91 Å². The summed E-state index contributed by atoms with van der Waals surface area (Å²) < 4.78 is 1.82. The maximum absolute atomic E-state index is 12.1. The minimum atomic E-state index is -0.809. The van der Waals surface area contributed by atoms with Gasteiger partial charge in [-0.1, -0.05) is 18.5 Å². The van der Waals surface area contributed by atoms with Crippen molar-refractivity contribution in [1.29, 1.82) is 0 Å². The summed E-state index contributed by atoms with van der Waals surface area (Å²) in [6, 6.07) is 1.78. The van der Waals surface area contributed by atoms with Crippen LogP contribution in [0.4, 0.5) is 0 Å². The molecule has 2 N–H and O–H groups in total. The van der Waals surface area contributed by atoms with Crippen LogP contribution in [0.3, 0.4) is 0 Å². The molecule has 6 heteroatoms. The van der Waals surface area contributed by atoms with E-state index in [1.165, 1.54) is 0 Å². The predicted octanol–water partition coefficient (Wildman–Crippen LogP) is 2.95. The summed E-state index contributed by atoms with van der Waals surface area (Å²) in [6.07, 6.45) is 2.91. The lowest BCUT2D eigenvalue weighted by Gasteiger charge is -2.13. The molecule has 0 fully saturated rings. The number of amides is 1. The lowest BCUT2D eigenvalue weighted by Crippen LogP contribution is -2.27. The highest BCUT2D eigenvalue weighted by Gasteiger charge is 2.15. The molecular formula is C14H21ClN2O3. The Labute approximate surface area is 123 Å². The van der Waals surface area contributed by atoms with E-state index in [-0.39, 0.29) is 17.9 Å². The van der Waals surface area contributed by atoms with Gasteiger partial charge in [-0.05, 0) is 32.8 Å². The molecule has 0 aromatic carbocycles. The number of nitrogens with zero attached hydrogens (tertiary/aromatic N) is 1. The van der Waals surface area contributed by atoms with Crippen molar-refractivity contribution in [2.45, 2.75) is 39.7 Å². The van der Waals surface area contributed by atoms with Crippen molar-refractivity contribution in [3.8, 4) is 0 Å². The fourth-order valence-electron chi connectivity index (χ4n) is 1.88. The maximum Gasteiger partial charge on any atom is 0.306 e. The molecule has 0 aliphatic carbocycles. The van der Waals surface area contributed by atoms with Gasteiger partial charge in [-0.2, -0.15) is 0 Å². The van der Waals surface area contributed by atoms with E-state index in [1.807, 2.05) is 18.4 Å². The van der Waals surface area contributed by atoms with E-state index in [0.29, 0.717) is 30.1 Å². The molecule has 0 saturated heterocycles. The number of carboxylic acids is 1. The first-order valence-electron chi connectivity index (χ1n) is 6.71. The van der Waals surface area contributed by atoms with Crippen LogP contribution in [0.1, 0.15) is 50.1 Å². The lowest BCUT2D eigenvalue weighted by molar-refractivity contribution is -0.141. The van der Waals surface area contributed by atoms with Gasteiger partial charge in [0, 0.05) is 18.8 Å². The second-order valence-corrected chi connectivity index (χ2v) is 5.62. The van der Waals surface area contributed by atoms with Crippen molar-refractivity contribution >= 4 is 23.5 Å². The van der Waals surface area contributed by atoms with Gasteiger partial charge >= 0.3 is 5.97 Å². The zero-order chi connectivity index (χ0) is 15.3. The summed E-state index contributed by atoms with van der Waals surface area (Å²) >= 11 is 5.93. The molecule has 1 atom stereocenters. The van der Waals surface area contributed by atoms with Crippen LogP contribution in [0.2, 0.25) is 5.02 Å². The molecule has 1 amide bonds. The Hall–Kier alpha value is -1.49. The van der Waals surface area contributed by atoms with Crippen LogP contribution < -0.4 is 5.32 Å². The van der Waals surface area contributed by atoms with Crippen LogP contribution >= 0.6 is 11.6 Å². The molecule has 1 heterocycles. The molecule has 1 aromatic heterocycles. The Kier molecular flexibility index (Phi) is 6.07. The summed E-state index contributed by atoms with van der Waals surface area (Å²) in [5, 5.41) is 12.1. The SMILES string of the molecule is CC(CCCNC(=O)c1cc(Cl)cn1C(C)C)C(=O)O. The Balaban J connectivity index is 2.49. The number of hydrogen-bond acceptors (Lipinski definition) is 2. The number of nitrogens with one attached hydrogen (secondary N) is 1. The van der Waals surface area contributed by atoms with E-state index in [2.05, 4.69) is 5.32 Å². The van der Waals surface area contributed by atoms with Gasteiger partial charge < -0.3 is 15.0 Å². The second kappa shape index (κ2) is 7.33. The summed E-state index contributed by atoms with van der Waals surface area (Å²) in [5.74, 6) is -1.38. The van der Waals surface area contributed by atoms with Crippen molar-refractivity contribution < 1.29 is 14.7 Å². The number of carbonyl (C=O) groups is 2. The Morgan fingerprint density at radius 2 is 2.05 bits per heavy atom. The zero-order valence-electron chi connectivity index (χ0n) is 12.0. The molecule has 0 aliphatic heterocycles. The topological polar surface area (TPSA) is 71.3 Å². The summed E-state index contributed by atoms with van der Waals surface area (Å²) in [4.78, 5) is 22.7. The summed E-state index contributed by atoms with van der Waals surface area (Å²) in [5.41, 5.74) is 0.524. The quantitative estimate of drug-likeness (QED) is 0.761. The van der Waals surface area contributed by atoms with Crippen molar-refractivity contribution in [1.82, 2.24) is 9.88 Å². The number of aliphatic carboxylic acids is 1. The average Bonchev–Trinajstić information content (AvgIpc) is 2.76. The van der Waals surface area contributed by atoms with Crippen molar-refractivity contribution in [3.63, 3.8) is 0 Å². The predicted molar refractivity (Wildman–Crippen MR) is 78.2 cm³/mol. The molecule has 112 valence electrons. The Morgan fingerprint density at radius 1 is 1.40 bits per heavy atom. The largest absolute Gasteiger partial charge is 0.481 e. The van der Waals surface area contributed by atoms with E-state index in [0.717, 1.165) is 0 Å². The summed E-state index contributed by atoms with van der Waals surface area (Å²) in [6.45, 7) is 6.06. The third kappa shape index (κ3) is 4.56. The number of hydrogen-bond donors (Lipinski definition) is 2. The molecule has 1 aromatic rings. The summed E-state index contributed by atoms with van der Waals surface area (Å²) in [7, 11) is 0. The van der Waals surface area contributed by atoms with Crippen molar-refractivity contribution in [2.24, 2.45) is 5.92 Å². The molecule has 0 bridgehead atoms. The fraction of sp³-hybridized carbons (Fsp3) is 0.571. The smallest absolute Gasteiger partial charge is 0.306 e. The third-order valence-electron chi connectivity index (χ3n) is 3.13. The van der Waals surface area contributed by atoms with Gasteiger partial charge in [-0.3, -0.25) is 9.59 Å². The van der Waals surface area contributed by atoms with Crippen LogP contribution in [0.5, 0.6) is 0 Å². The monoisotopic (exact) mass is 300 g/mol. The van der Waals surface area contributed by atoms with Crippen LogP contribution in [-0.2, 0) is 4.79 Å². The first-order chi connectivity index (χ1) is 9.32. The van der Waals surface area contributed by atoms with E-state index < -0.39 is 5.97 Å². The number of carboxylic acid groups (broad SMARTS) is 1. The van der Waals surface area contributed by atoms with E-state index >= 15 is 0 Å². The molecule has 1 unspecified atom stereocenters. The molecule has 0 spiro atoms. The normalized spacial score (nSPS) is 12.4. The maximum atomic E-state index is 12.1. The Morgan fingerprint density at radius 3 is 2.60 bits per heavy atom. The van der Waals surface area contributed by atoms with Crippen LogP contribution in [0.15, 0.2) is 12.3 Å². The average molecular weight is 301 g/mol. The fourth-order valence-corrected chi connectivity index (χ4v) is 2.09. The van der Waals surface area contributed by atoms with Gasteiger partial charge in [0.1, 0.15) is 5.69 Å². The molecule has 0 radical (unpaired) electrons. The van der Waals surface area contributed by atoms with Gasteiger partial charge in [-0.15, -0.1) is 0 Å². The van der Waals surface area contributed by atoms with Crippen LogP contribution in [0.25, 0.3) is 0 Å². The minimum Gasteiger partial charge on any atom is -0.481 e. The van der Waals surface area contributed by atoms with Crippen molar-refractivity contribution in [3.05, 3.63) is 23.0 Å². The van der Waals surface area contributed by atoms with Gasteiger partial charge in [-0.25, -0.2) is 0 Å². The zero-order valence-corrected chi connectivity index (χ0v) is 12.8. The molecule has 0 saturated carbocycles. The first-order valence-corrected chi connectivity index (χ1v) is 7.09. The highest BCUT2D eigenvalue weighted by molar-refractivity contribution is 6.31. The molecular weight excluding hydrogens is 280 g/mol. The Bertz CT molecular complexity index is 483. The van der Waals surface area contributed by atoms with Gasteiger partial charge in [0.15, 0.2) is 0 Å². The van der Waals surface area contributed by atoms with E-state index in [4.69, 9.17) is 16.7 Å². The second-order valence-electron chi connectivity index (χ2n) is 5.18. The van der Waals surface area contributed by atoms with E-state index in [9.17, 15) is 9.59 Å². The van der Waals surface area contributed by atoms with Crippen LogP contribution in [0, 0.1) is 5.92 Å². The molecule has 20 heavy (non-hydrogen) atoms. The minimum absolute atomic E-state index is 0.148. The first kappa shape index (κ1) is 16.6. The third-order valence-corrected chi connectivity index (χ3v) is 3.33. The molecule has 0 aliphatic rings. The molecule has 5 nitrogen and oxygen atoms in total. The highest BCUT2D eigenvalue weighted by atomic mass is 35.5. The van der Waals surface area contributed by atoms with Gasteiger partial charge in [0.05, 0.1) is 10.9 Å². The number of rotatable bonds is 7. The van der Waals surface area contributed by atoms with Gasteiger partial charge in [0.2, 0.25) is 0 Å².